The van der Waals surface area contributed by atoms with Gasteiger partial charge in [-0.1, -0.05) is 60.1 Å². The molecular weight excluding hydrogens is 440 g/mol. The van der Waals surface area contributed by atoms with Crippen LogP contribution >= 0.6 is 0 Å². The molecule has 0 saturated heterocycles. The fraction of sp³-hybridized carbons (Fsp3) is 0.900. The second-order valence-electron chi connectivity index (χ2n) is 14.7. The number of aliphatic carboxylic acids is 1. The number of aliphatic hydroxyl groups is 3. The molecule has 0 bridgehead atoms. The number of fused-ring (bicyclic) bond motifs is 7. The van der Waals surface area contributed by atoms with Crippen LogP contribution in [0.2, 0.25) is 0 Å². The van der Waals surface area contributed by atoms with Crippen LogP contribution in [0.15, 0.2) is 11.6 Å². The van der Waals surface area contributed by atoms with E-state index < -0.39 is 40.5 Å². The van der Waals surface area contributed by atoms with Gasteiger partial charge in [0.2, 0.25) is 0 Å². The molecule has 198 valence electrons. The highest BCUT2D eigenvalue weighted by molar-refractivity contribution is 5.76. The summed E-state index contributed by atoms with van der Waals surface area (Å²) in [5, 5.41) is 44.0. The summed E-state index contributed by atoms with van der Waals surface area (Å²) in [6, 6.07) is 0. The van der Waals surface area contributed by atoms with Crippen molar-refractivity contribution in [1.82, 2.24) is 0 Å². The van der Waals surface area contributed by atoms with E-state index in [1.54, 1.807) is 0 Å². The normalized spacial score (nSPS) is 57.1. The van der Waals surface area contributed by atoms with Gasteiger partial charge >= 0.3 is 5.97 Å². The van der Waals surface area contributed by atoms with Gasteiger partial charge in [0, 0.05) is 5.41 Å². The standard InChI is InChI=1S/C30H48O5/c1-16-10-13-30(25(34)35)15-14-27(5)18(21(30)17(16)2)8-9-20-28(27,6)12-11-19-26(3,4)23(32)22(31)24(33)29(19,20)7/h8,16-17,19-24,31-33H,9-15H2,1-7H3,(H,34,35)/t16-,17+,19?,20?,21?,22-,23-,24+,27-,28-,29+,30+/m1/s1. The molecule has 0 spiro atoms. The van der Waals surface area contributed by atoms with Crippen molar-refractivity contribution >= 4 is 5.97 Å². The number of rotatable bonds is 1. The van der Waals surface area contributed by atoms with Gasteiger partial charge < -0.3 is 20.4 Å². The molecule has 5 rings (SSSR count). The minimum atomic E-state index is -1.16. The Morgan fingerprint density at radius 2 is 1.54 bits per heavy atom. The summed E-state index contributed by atoms with van der Waals surface area (Å²) >= 11 is 0. The Balaban J connectivity index is 1.65. The van der Waals surface area contributed by atoms with Crippen molar-refractivity contribution in [2.24, 2.45) is 56.7 Å². The lowest BCUT2D eigenvalue weighted by Crippen LogP contribution is -2.72. The van der Waals surface area contributed by atoms with Crippen molar-refractivity contribution in [3.8, 4) is 0 Å². The van der Waals surface area contributed by atoms with Crippen LogP contribution in [0.25, 0.3) is 0 Å². The van der Waals surface area contributed by atoms with Crippen molar-refractivity contribution in [3.63, 3.8) is 0 Å². The Labute approximate surface area is 211 Å². The fourth-order valence-corrected chi connectivity index (χ4v) is 10.9. The third-order valence-electron chi connectivity index (χ3n) is 13.5. The number of aliphatic hydroxyl groups excluding tert-OH is 3. The first-order chi connectivity index (χ1) is 16.1. The van der Waals surface area contributed by atoms with Crippen LogP contribution < -0.4 is 0 Å². The first-order valence-electron chi connectivity index (χ1n) is 14.1. The highest BCUT2D eigenvalue weighted by atomic mass is 16.4. The Kier molecular flexibility index (Phi) is 5.56. The molecular formula is C30H48O5. The summed E-state index contributed by atoms with van der Waals surface area (Å²) in [7, 11) is 0. The van der Waals surface area contributed by atoms with Gasteiger partial charge in [-0.15, -0.1) is 0 Å². The van der Waals surface area contributed by atoms with E-state index in [1.807, 2.05) is 0 Å². The maximum Gasteiger partial charge on any atom is 0.310 e. The molecule has 0 radical (unpaired) electrons. The van der Waals surface area contributed by atoms with Gasteiger partial charge in [0.15, 0.2) is 0 Å². The maximum atomic E-state index is 12.8. The third-order valence-corrected chi connectivity index (χ3v) is 13.5. The summed E-state index contributed by atoms with van der Waals surface area (Å²) in [5.74, 6) is 0.545. The predicted octanol–water partition coefficient (Wildman–Crippen LogP) is 5.03. The minimum Gasteiger partial charge on any atom is -0.481 e. The summed E-state index contributed by atoms with van der Waals surface area (Å²) in [6.07, 6.45) is 5.34. The number of allylic oxidation sites excluding steroid dienone is 2. The Bertz CT molecular complexity index is 941. The number of hydrogen-bond acceptors (Lipinski definition) is 4. The first kappa shape index (κ1) is 25.7. The first-order valence-corrected chi connectivity index (χ1v) is 14.1. The molecule has 4 N–H and O–H groups in total. The summed E-state index contributed by atoms with van der Waals surface area (Å²) in [5.41, 5.74) is -0.536. The van der Waals surface area contributed by atoms with Gasteiger partial charge in [-0.05, 0) is 90.8 Å². The van der Waals surface area contributed by atoms with E-state index in [1.165, 1.54) is 5.57 Å². The third kappa shape index (κ3) is 2.84. The molecule has 5 aliphatic rings. The maximum absolute atomic E-state index is 12.8. The van der Waals surface area contributed by atoms with Crippen molar-refractivity contribution < 1.29 is 25.2 Å². The average molecular weight is 489 g/mol. The zero-order valence-corrected chi connectivity index (χ0v) is 22.8. The average Bonchev–Trinajstić information content (AvgIpc) is 2.79. The van der Waals surface area contributed by atoms with Crippen molar-refractivity contribution in [1.29, 1.82) is 0 Å². The van der Waals surface area contributed by atoms with E-state index in [0.717, 1.165) is 44.9 Å². The predicted molar refractivity (Wildman–Crippen MR) is 135 cm³/mol. The SMILES string of the molecule is C[C@@H]1CC[C@]2(C(=O)O)CC[C@]3(C)C(=CCC4[C@]5(C)C(CC[C@]43C)C(C)(C)[C@H](O)[C@@H](O)[C@@H]5O)C2[C@H]1C. The lowest BCUT2D eigenvalue weighted by Gasteiger charge is -2.72. The van der Waals surface area contributed by atoms with Crippen molar-refractivity contribution in [2.75, 3.05) is 0 Å². The van der Waals surface area contributed by atoms with Crippen LogP contribution in [0.3, 0.4) is 0 Å². The number of carboxylic acid groups (broad SMARTS) is 1. The lowest BCUT2D eigenvalue weighted by molar-refractivity contribution is -0.278. The highest BCUT2D eigenvalue weighted by Gasteiger charge is 2.72. The van der Waals surface area contributed by atoms with E-state index in [0.29, 0.717) is 11.8 Å². The molecule has 0 aromatic heterocycles. The zero-order chi connectivity index (χ0) is 25.9. The molecule has 0 aliphatic heterocycles. The molecule has 12 atom stereocenters. The minimum absolute atomic E-state index is 0.0611. The monoisotopic (exact) mass is 488 g/mol. The smallest absolute Gasteiger partial charge is 0.310 e. The summed E-state index contributed by atoms with van der Waals surface area (Å²) in [6.45, 7) is 15.6. The molecule has 0 aromatic rings. The molecule has 3 unspecified atom stereocenters. The molecule has 5 aliphatic carbocycles. The van der Waals surface area contributed by atoms with Crippen LogP contribution in [-0.2, 0) is 4.79 Å². The van der Waals surface area contributed by atoms with Crippen molar-refractivity contribution in [3.05, 3.63) is 11.6 Å². The van der Waals surface area contributed by atoms with E-state index in [4.69, 9.17) is 0 Å². The molecule has 5 nitrogen and oxygen atoms in total. The molecule has 5 heteroatoms. The summed E-state index contributed by atoms with van der Waals surface area (Å²) in [4.78, 5) is 12.8. The van der Waals surface area contributed by atoms with Gasteiger partial charge in [0.05, 0.1) is 17.6 Å². The Morgan fingerprint density at radius 3 is 2.17 bits per heavy atom. The highest BCUT2D eigenvalue weighted by Crippen LogP contribution is 2.75. The quantitative estimate of drug-likeness (QED) is 0.388. The van der Waals surface area contributed by atoms with Crippen LogP contribution in [0, 0.1) is 56.7 Å². The second kappa shape index (κ2) is 7.57. The van der Waals surface area contributed by atoms with Gasteiger partial charge in [0.25, 0.3) is 0 Å². The van der Waals surface area contributed by atoms with Gasteiger partial charge in [-0.3, -0.25) is 4.79 Å². The van der Waals surface area contributed by atoms with E-state index in [2.05, 4.69) is 54.5 Å². The van der Waals surface area contributed by atoms with E-state index >= 15 is 0 Å². The zero-order valence-electron chi connectivity index (χ0n) is 22.8. The Hall–Kier alpha value is -0.910. The van der Waals surface area contributed by atoms with Crippen LogP contribution in [0.1, 0.15) is 93.4 Å². The number of carbonyl (C=O) groups is 1. The molecule has 35 heavy (non-hydrogen) atoms. The molecule has 0 heterocycles. The van der Waals surface area contributed by atoms with Crippen molar-refractivity contribution in [2.45, 2.75) is 112 Å². The van der Waals surface area contributed by atoms with E-state index in [-0.39, 0.29) is 28.6 Å². The van der Waals surface area contributed by atoms with Gasteiger partial charge in [0.1, 0.15) is 6.10 Å². The Morgan fingerprint density at radius 1 is 0.886 bits per heavy atom. The lowest BCUT2D eigenvalue weighted by atomic mass is 9.33. The van der Waals surface area contributed by atoms with Crippen LogP contribution in [0.4, 0.5) is 0 Å². The van der Waals surface area contributed by atoms with Crippen LogP contribution in [0.5, 0.6) is 0 Å². The fourth-order valence-electron chi connectivity index (χ4n) is 10.9. The molecule has 0 aromatic carbocycles. The number of carboxylic acids is 1. The van der Waals surface area contributed by atoms with E-state index in [9.17, 15) is 25.2 Å². The van der Waals surface area contributed by atoms with Gasteiger partial charge in [-0.2, -0.15) is 0 Å². The second-order valence-corrected chi connectivity index (χ2v) is 14.7. The number of hydrogen-bond donors (Lipinski definition) is 4. The molecule has 4 saturated carbocycles. The largest absolute Gasteiger partial charge is 0.481 e. The molecule has 4 fully saturated rings. The molecule has 0 amide bonds. The topological polar surface area (TPSA) is 98.0 Å². The summed E-state index contributed by atoms with van der Waals surface area (Å²) < 4.78 is 0. The van der Waals surface area contributed by atoms with Crippen LogP contribution in [-0.4, -0.2) is 44.7 Å². The van der Waals surface area contributed by atoms with Gasteiger partial charge in [-0.25, -0.2) is 0 Å².